The highest BCUT2D eigenvalue weighted by Crippen LogP contribution is 2.56. The highest BCUT2D eigenvalue weighted by atomic mass is 15.3. The maximum absolute atomic E-state index is 9.30. The second kappa shape index (κ2) is 12.2. The van der Waals surface area contributed by atoms with Crippen LogP contribution >= 0.6 is 0 Å². The Balaban J connectivity index is 1.29. The molecule has 5 heteroatoms. The second-order valence-corrected chi connectivity index (χ2v) is 13.6. The number of hydrogen-bond acceptors (Lipinski definition) is 3. The Hall–Kier alpha value is -7.63. The van der Waals surface area contributed by atoms with E-state index in [4.69, 9.17) is 31.4 Å². The first-order valence-corrected chi connectivity index (χ1v) is 18.1. The van der Waals surface area contributed by atoms with Crippen molar-refractivity contribution < 1.29 is 21.9 Å². The number of aromatic nitrogens is 5. The van der Waals surface area contributed by atoms with Gasteiger partial charge in [-0.05, 0) is 63.6 Å². The van der Waals surface area contributed by atoms with E-state index in [0.717, 1.165) is 42.5 Å². The minimum Gasteiger partial charge on any atom is -0.278 e. The molecule has 0 amide bonds. The van der Waals surface area contributed by atoms with Crippen molar-refractivity contribution in [3.63, 3.8) is 0 Å². The van der Waals surface area contributed by atoms with Crippen molar-refractivity contribution >= 4 is 43.6 Å². The van der Waals surface area contributed by atoms with E-state index in [9.17, 15) is 5.48 Å². The first-order chi connectivity index (χ1) is 34.9. The molecular formula is C52H33N5. The molecule has 0 unspecified atom stereocenters. The lowest BCUT2D eigenvalue weighted by Crippen LogP contribution is -2.28. The number of para-hydroxylation sites is 4. The van der Waals surface area contributed by atoms with E-state index < -0.39 is 114 Å². The highest BCUT2D eigenvalue weighted by molar-refractivity contribution is 6.10. The fourth-order valence-electron chi connectivity index (χ4n) is 8.51. The van der Waals surface area contributed by atoms with Gasteiger partial charge >= 0.3 is 0 Å². The highest BCUT2D eigenvalue weighted by Gasteiger charge is 2.46. The van der Waals surface area contributed by atoms with Crippen LogP contribution in [0.1, 0.15) is 44.2 Å². The zero-order valence-electron chi connectivity index (χ0n) is 45.6. The Bertz CT molecular complexity index is 3920. The topological polar surface area (TPSA) is 48.5 Å². The van der Waals surface area contributed by atoms with Crippen molar-refractivity contribution in [2.75, 3.05) is 0 Å². The quantitative estimate of drug-likeness (QED) is 0.176. The third-order valence-electron chi connectivity index (χ3n) is 10.8. The number of hydrogen-bond donors (Lipinski definition) is 0. The molecule has 57 heavy (non-hydrogen) atoms. The van der Waals surface area contributed by atoms with Crippen LogP contribution in [0.25, 0.3) is 78.0 Å². The SMILES string of the molecule is [2H]c1c([2H])c([2H])c2c(c1[2H])c1c([2H])c([2H])c([2H])c([2H])c1n2-c1nc(-c2ccc3c(c2)C(c2ccccc2)(c2ccccc2)c2ccccc2-3)nc(-n2c3c([2H])c([2H])c([2H])c([2H])c3c3c([2H])c([2H])c([2H])c([2H])c32)n1. The van der Waals surface area contributed by atoms with Crippen molar-refractivity contribution in [1.82, 2.24) is 24.1 Å². The minimum atomic E-state index is -0.929. The van der Waals surface area contributed by atoms with Crippen LogP contribution < -0.4 is 0 Å². The Morgan fingerprint density at radius 1 is 0.404 bits per heavy atom. The molecule has 1 aliphatic rings. The molecule has 0 saturated heterocycles. The fraction of sp³-hybridized carbons (Fsp3) is 0.0192. The standard InChI is InChI=1S/C52H33N5/c1-3-17-35(18-4-1)52(36-19-5-2-6-20-36)43-26-12-7-21-37(43)38-32-31-34(33-44(38)52)49-53-50(56-45-27-13-8-22-39(45)40-23-9-14-28-46(40)56)55-51(54-49)57-47-29-15-10-24-41(47)42-25-11-16-30-48(42)57/h1-33H/i8D,9D,10D,11D,13D,14D,15D,16D,22D,23D,24D,25D,27D,28D,29D,30D. The number of nitrogens with zero attached hydrogens (tertiary/aromatic N) is 5. The Morgan fingerprint density at radius 2 is 0.825 bits per heavy atom. The van der Waals surface area contributed by atoms with Gasteiger partial charge in [-0.1, -0.05) is 170 Å². The first-order valence-electron chi connectivity index (χ1n) is 26.1. The van der Waals surface area contributed by atoms with Gasteiger partial charge in [-0.3, -0.25) is 9.13 Å². The smallest absolute Gasteiger partial charge is 0.240 e. The van der Waals surface area contributed by atoms with Crippen LogP contribution in [0.2, 0.25) is 0 Å². The van der Waals surface area contributed by atoms with E-state index >= 15 is 0 Å². The average molecular weight is 744 g/mol. The summed E-state index contributed by atoms with van der Waals surface area (Å²) >= 11 is 0. The van der Waals surface area contributed by atoms with E-state index in [1.165, 1.54) is 0 Å². The van der Waals surface area contributed by atoms with E-state index in [0.29, 0.717) is 5.56 Å². The largest absolute Gasteiger partial charge is 0.278 e. The van der Waals surface area contributed by atoms with Crippen molar-refractivity contribution in [3.8, 4) is 34.4 Å². The summed E-state index contributed by atoms with van der Waals surface area (Å²) in [4.78, 5) is 14.8. The van der Waals surface area contributed by atoms with Crippen LogP contribution in [0, 0.1) is 0 Å². The van der Waals surface area contributed by atoms with Crippen molar-refractivity contribution in [3.05, 3.63) is 222 Å². The minimum absolute atomic E-state index is 0.137. The van der Waals surface area contributed by atoms with Gasteiger partial charge in [-0.2, -0.15) is 15.0 Å². The molecule has 11 aromatic rings. The maximum Gasteiger partial charge on any atom is 0.240 e. The predicted molar refractivity (Wildman–Crippen MR) is 231 cm³/mol. The molecule has 266 valence electrons. The molecule has 0 spiro atoms. The van der Waals surface area contributed by atoms with Gasteiger partial charge in [0.25, 0.3) is 0 Å². The van der Waals surface area contributed by atoms with Crippen LogP contribution in [0.4, 0.5) is 0 Å². The molecular weight excluding hydrogens is 695 g/mol. The molecule has 1 aliphatic carbocycles. The molecule has 0 radical (unpaired) electrons. The summed E-state index contributed by atoms with van der Waals surface area (Å²) in [5, 5.41) is -1.05. The van der Waals surface area contributed by atoms with Gasteiger partial charge in [0.05, 0.1) is 49.4 Å². The van der Waals surface area contributed by atoms with Gasteiger partial charge in [0.2, 0.25) is 11.9 Å². The van der Waals surface area contributed by atoms with E-state index in [1.54, 1.807) is 6.07 Å². The van der Waals surface area contributed by atoms with Crippen LogP contribution in [-0.4, -0.2) is 24.1 Å². The predicted octanol–water partition coefficient (Wildman–Crippen LogP) is 12.1. The summed E-state index contributed by atoms with van der Waals surface area (Å²) in [6.07, 6.45) is 0. The first kappa shape index (κ1) is 19.8. The second-order valence-electron chi connectivity index (χ2n) is 13.6. The molecule has 5 nitrogen and oxygen atoms in total. The molecule has 12 rings (SSSR count). The van der Waals surface area contributed by atoms with Gasteiger partial charge in [0.1, 0.15) is 0 Å². The molecule has 0 bridgehead atoms. The van der Waals surface area contributed by atoms with Crippen LogP contribution in [0.3, 0.4) is 0 Å². The van der Waals surface area contributed by atoms with Crippen LogP contribution in [-0.2, 0) is 5.41 Å². The molecule has 3 aromatic heterocycles. The molecule has 0 fully saturated rings. The number of benzene rings is 8. The van der Waals surface area contributed by atoms with Gasteiger partial charge < -0.3 is 0 Å². The molecule has 0 saturated carbocycles. The lowest BCUT2D eigenvalue weighted by molar-refractivity contribution is 0.768. The average Bonchev–Trinajstić information content (AvgIpc) is 4.07. The van der Waals surface area contributed by atoms with E-state index in [-0.39, 0.29) is 49.4 Å². The number of fused-ring (bicyclic) bond motifs is 9. The van der Waals surface area contributed by atoms with Crippen LogP contribution in [0.15, 0.2) is 200 Å². The molecule has 0 aliphatic heterocycles. The van der Waals surface area contributed by atoms with E-state index in [1.807, 2.05) is 91.0 Å². The fourth-order valence-corrected chi connectivity index (χ4v) is 8.51. The summed E-state index contributed by atoms with van der Waals surface area (Å²) in [5.41, 5.74) is 3.62. The Labute approximate surface area is 351 Å². The van der Waals surface area contributed by atoms with Crippen LogP contribution in [0.5, 0.6) is 0 Å². The van der Waals surface area contributed by atoms with Crippen molar-refractivity contribution in [2.24, 2.45) is 0 Å². The van der Waals surface area contributed by atoms with Crippen molar-refractivity contribution in [1.29, 1.82) is 0 Å². The number of rotatable bonds is 5. The Morgan fingerprint density at radius 3 is 1.32 bits per heavy atom. The summed E-state index contributed by atoms with van der Waals surface area (Å²) in [6.45, 7) is 0. The van der Waals surface area contributed by atoms with Gasteiger partial charge in [-0.25, -0.2) is 0 Å². The normalized spacial score (nSPS) is 17.0. The molecule has 3 heterocycles. The summed E-state index contributed by atoms with van der Waals surface area (Å²) < 4.78 is 146. The summed E-state index contributed by atoms with van der Waals surface area (Å²) in [5.74, 6) is -1.07. The third kappa shape index (κ3) is 4.48. The van der Waals surface area contributed by atoms with Gasteiger partial charge in [0.15, 0.2) is 5.82 Å². The zero-order valence-corrected chi connectivity index (χ0v) is 29.6. The maximum atomic E-state index is 9.30. The molecule has 0 atom stereocenters. The van der Waals surface area contributed by atoms with E-state index in [2.05, 4.69) is 6.07 Å². The van der Waals surface area contributed by atoms with Gasteiger partial charge in [0, 0.05) is 27.1 Å². The lowest BCUT2D eigenvalue weighted by Gasteiger charge is -2.34. The van der Waals surface area contributed by atoms with Gasteiger partial charge in [-0.15, -0.1) is 0 Å². The zero-order chi connectivity index (χ0) is 51.4. The molecule has 0 N–H and O–H groups in total. The lowest BCUT2D eigenvalue weighted by atomic mass is 9.67. The van der Waals surface area contributed by atoms with Crippen molar-refractivity contribution in [2.45, 2.75) is 5.41 Å². The third-order valence-corrected chi connectivity index (χ3v) is 10.8. The Kier molecular flexibility index (Phi) is 4.23. The summed E-state index contributed by atoms with van der Waals surface area (Å²) in [7, 11) is 0. The monoisotopic (exact) mass is 743 g/mol. The summed E-state index contributed by atoms with van der Waals surface area (Å²) in [6, 6.07) is 23.0. The molecule has 8 aromatic carbocycles.